The van der Waals surface area contributed by atoms with Gasteiger partial charge < -0.3 is 9.47 Å². The Morgan fingerprint density at radius 3 is 2.05 bits per heavy atom. The molecule has 2 atom stereocenters. The monoisotopic (exact) mass is 636 g/mol. The summed E-state index contributed by atoms with van der Waals surface area (Å²) in [7, 11) is -2.80. The minimum Gasteiger partial charge on any atom is -0.453 e. The molecule has 0 spiro atoms. The van der Waals surface area contributed by atoms with Crippen molar-refractivity contribution < 1.29 is 53.8 Å². The summed E-state index contributed by atoms with van der Waals surface area (Å²) in [4.78, 5) is 28.6. The number of anilines is 1. The summed E-state index contributed by atoms with van der Waals surface area (Å²) in [6.45, 7) is 2.56. The lowest BCUT2D eigenvalue weighted by atomic mass is 9.87. The van der Waals surface area contributed by atoms with Gasteiger partial charge in [-0.1, -0.05) is 0 Å². The van der Waals surface area contributed by atoms with Crippen LogP contribution in [0.5, 0.6) is 0 Å². The molecule has 1 aliphatic heterocycles. The molecule has 1 saturated carbocycles. The standard InChI is InChI=1S/C28H30F6N2O6S/c1-15(2)42-26(38)36-22-8-7-20(43(4,39)40)12-21(22)24(13-23(36)17-5-6-17)35(25(37)41-3)14-16-9-18(27(29,30)31)11-19(10-16)28(32,33)34/h7-12,15,17,23-24H,5-6,13-14H2,1-4H3. The van der Waals surface area contributed by atoms with Crippen molar-refractivity contribution in [1.82, 2.24) is 4.90 Å². The van der Waals surface area contributed by atoms with E-state index in [1.165, 1.54) is 23.1 Å². The average molecular weight is 637 g/mol. The summed E-state index contributed by atoms with van der Waals surface area (Å²) in [5, 5.41) is 0. The van der Waals surface area contributed by atoms with Gasteiger partial charge >= 0.3 is 24.5 Å². The number of alkyl halides is 6. The zero-order valence-corrected chi connectivity index (χ0v) is 24.4. The first kappa shape index (κ1) is 32.4. The molecule has 15 heteroatoms. The third kappa shape index (κ3) is 7.19. The highest BCUT2D eigenvalue weighted by atomic mass is 32.2. The number of rotatable bonds is 6. The molecule has 2 aromatic rings. The smallest absolute Gasteiger partial charge is 0.416 e. The second kappa shape index (κ2) is 11.5. The number of hydrogen-bond acceptors (Lipinski definition) is 6. The highest BCUT2D eigenvalue weighted by Gasteiger charge is 2.47. The Kier molecular flexibility index (Phi) is 8.70. The largest absolute Gasteiger partial charge is 0.453 e. The van der Waals surface area contributed by atoms with E-state index in [4.69, 9.17) is 9.47 Å². The maximum absolute atomic E-state index is 13.6. The Bertz CT molecular complexity index is 1470. The molecular formula is C28H30F6N2O6S. The molecule has 0 radical (unpaired) electrons. The lowest BCUT2D eigenvalue weighted by molar-refractivity contribution is -0.143. The van der Waals surface area contributed by atoms with Gasteiger partial charge in [0.15, 0.2) is 9.84 Å². The molecule has 0 saturated heterocycles. The number of hydrogen-bond donors (Lipinski definition) is 0. The fraction of sp³-hybridized carbons (Fsp3) is 0.500. The molecule has 2 aromatic carbocycles. The number of methoxy groups -OCH3 is 1. The van der Waals surface area contributed by atoms with E-state index in [1.54, 1.807) is 13.8 Å². The summed E-state index contributed by atoms with van der Waals surface area (Å²) < 4.78 is 117. The zero-order chi connectivity index (χ0) is 32.1. The van der Waals surface area contributed by atoms with Gasteiger partial charge in [-0.3, -0.25) is 9.80 Å². The lowest BCUT2D eigenvalue weighted by Gasteiger charge is -2.44. The lowest BCUT2D eigenvalue weighted by Crippen LogP contribution is -2.50. The normalized spacial score (nSPS) is 19.2. The molecule has 0 N–H and O–H groups in total. The van der Waals surface area contributed by atoms with Crippen molar-refractivity contribution >= 4 is 27.7 Å². The van der Waals surface area contributed by atoms with Crippen LogP contribution in [0.1, 0.15) is 61.4 Å². The minimum atomic E-state index is -5.11. The Hall–Kier alpha value is -3.49. The Morgan fingerprint density at radius 2 is 1.58 bits per heavy atom. The molecule has 8 nitrogen and oxygen atoms in total. The third-order valence-corrected chi connectivity index (χ3v) is 8.44. The van der Waals surface area contributed by atoms with Crippen molar-refractivity contribution in [3.8, 4) is 0 Å². The SMILES string of the molecule is COC(=O)N(Cc1cc(C(F)(F)F)cc(C(F)(F)F)c1)C1CC(C2CC2)N(C(=O)OC(C)C)c2ccc(S(C)(=O)=O)cc21. The highest BCUT2D eigenvalue weighted by molar-refractivity contribution is 7.90. The quantitative estimate of drug-likeness (QED) is 0.318. The van der Waals surface area contributed by atoms with Crippen molar-refractivity contribution in [3.05, 3.63) is 58.7 Å². The van der Waals surface area contributed by atoms with Crippen molar-refractivity contribution in [2.24, 2.45) is 5.92 Å². The van der Waals surface area contributed by atoms with Crippen LogP contribution < -0.4 is 4.90 Å². The third-order valence-electron chi connectivity index (χ3n) is 7.33. The summed E-state index contributed by atoms with van der Waals surface area (Å²) in [6.07, 6.45) is -10.1. The van der Waals surface area contributed by atoms with Crippen molar-refractivity contribution in [2.45, 2.75) is 75.1 Å². The van der Waals surface area contributed by atoms with E-state index in [0.29, 0.717) is 12.1 Å². The summed E-state index contributed by atoms with van der Waals surface area (Å²) in [5.41, 5.74) is -3.22. The van der Waals surface area contributed by atoms with E-state index in [0.717, 1.165) is 31.1 Å². The average Bonchev–Trinajstić information content (AvgIpc) is 3.73. The number of amides is 2. The fourth-order valence-corrected chi connectivity index (χ4v) is 5.94. The molecule has 1 aliphatic carbocycles. The number of ether oxygens (including phenoxy) is 2. The zero-order valence-electron chi connectivity index (χ0n) is 23.6. The van der Waals surface area contributed by atoms with E-state index >= 15 is 0 Å². The molecule has 2 amide bonds. The highest BCUT2D eigenvalue weighted by Crippen LogP contribution is 2.49. The van der Waals surface area contributed by atoms with Crippen molar-refractivity contribution in [3.63, 3.8) is 0 Å². The van der Waals surface area contributed by atoms with Crippen LogP contribution in [0, 0.1) is 5.92 Å². The Morgan fingerprint density at radius 1 is 1.00 bits per heavy atom. The van der Waals surface area contributed by atoms with E-state index in [-0.39, 0.29) is 34.6 Å². The molecular weight excluding hydrogens is 606 g/mol. The van der Waals surface area contributed by atoms with E-state index in [2.05, 4.69) is 0 Å². The summed E-state index contributed by atoms with van der Waals surface area (Å²) >= 11 is 0. The molecule has 43 heavy (non-hydrogen) atoms. The maximum Gasteiger partial charge on any atom is 0.416 e. The first-order valence-electron chi connectivity index (χ1n) is 13.3. The van der Waals surface area contributed by atoms with Crippen LogP contribution >= 0.6 is 0 Å². The Labute approximate surface area is 244 Å². The number of sulfone groups is 1. The first-order chi connectivity index (χ1) is 19.8. The van der Waals surface area contributed by atoms with Crippen LogP contribution in [0.3, 0.4) is 0 Å². The Balaban J connectivity index is 1.90. The molecule has 0 aromatic heterocycles. The second-order valence-corrected chi connectivity index (χ2v) is 13.0. The number of carbonyl (C=O) groups is 2. The van der Waals surface area contributed by atoms with E-state index in [1.807, 2.05) is 0 Å². The maximum atomic E-state index is 13.6. The fourth-order valence-electron chi connectivity index (χ4n) is 5.29. The van der Waals surface area contributed by atoms with Crippen LogP contribution in [0.15, 0.2) is 41.3 Å². The van der Waals surface area contributed by atoms with Crippen LogP contribution in [0.25, 0.3) is 0 Å². The molecule has 2 unspecified atom stereocenters. The van der Waals surface area contributed by atoms with E-state index < -0.39 is 75.8 Å². The molecule has 0 bridgehead atoms. The van der Waals surface area contributed by atoms with Crippen LogP contribution in [0.4, 0.5) is 41.6 Å². The predicted octanol–water partition coefficient (Wildman–Crippen LogP) is 6.97. The van der Waals surface area contributed by atoms with Gasteiger partial charge in [0.25, 0.3) is 0 Å². The molecule has 4 rings (SSSR count). The van der Waals surface area contributed by atoms with Gasteiger partial charge in [0, 0.05) is 24.4 Å². The van der Waals surface area contributed by atoms with E-state index in [9.17, 15) is 44.3 Å². The number of halogens is 6. The summed E-state index contributed by atoms with van der Waals surface area (Å²) in [5.74, 6) is -0.0326. The number of nitrogens with zero attached hydrogens (tertiary/aromatic N) is 2. The van der Waals surface area contributed by atoms with Crippen molar-refractivity contribution in [1.29, 1.82) is 0 Å². The van der Waals surface area contributed by atoms with Gasteiger partial charge in [0.2, 0.25) is 0 Å². The van der Waals surface area contributed by atoms with Gasteiger partial charge in [-0.25, -0.2) is 18.0 Å². The van der Waals surface area contributed by atoms with Gasteiger partial charge in [0.1, 0.15) is 0 Å². The number of benzene rings is 2. The van der Waals surface area contributed by atoms with Crippen LogP contribution in [-0.2, 0) is 38.2 Å². The van der Waals surface area contributed by atoms with Gasteiger partial charge in [0.05, 0.1) is 41.0 Å². The van der Waals surface area contributed by atoms with Crippen LogP contribution in [-0.4, -0.2) is 51.0 Å². The van der Waals surface area contributed by atoms with Crippen molar-refractivity contribution in [2.75, 3.05) is 18.3 Å². The number of carbonyl (C=O) groups excluding carboxylic acids is 2. The van der Waals surface area contributed by atoms with Gasteiger partial charge in [-0.15, -0.1) is 0 Å². The molecule has 2 aliphatic rings. The second-order valence-electron chi connectivity index (χ2n) is 11.0. The minimum absolute atomic E-state index is 0.00172. The number of fused-ring (bicyclic) bond motifs is 1. The first-order valence-corrected chi connectivity index (χ1v) is 15.2. The molecule has 236 valence electrons. The molecule has 1 heterocycles. The summed E-state index contributed by atoms with van der Waals surface area (Å²) in [6, 6.07) is 3.30. The van der Waals surface area contributed by atoms with Gasteiger partial charge in [-0.2, -0.15) is 26.3 Å². The predicted molar refractivity (Wildman–Crippen MR) is 142 cm³/mol. The molecule has 1 fully saturated rings. The van der Waals surface area contributed by atoms with Crippen LogP contribution in [0.2, 0.25) is 0 Å². The topological polar surface area (TPSA) is 93.2 Å². The van der Waals surface area contributed by atoms with Gasteiger partial charge in [-0.05, 0) is 81.0 Å².